The Bertz CT molecular complexity index is 136. The van der Waals surface area contributed by atoms with Crippen LogP contribution in [0.1, 0.15) is 0 Å². The fourth-order valence-corrected chi connectivity index (χ4v) is 0.384. The molecule has 0 saturated heterocycles. The minimum atomic E-state index is -0.536. The Balaban J connectivity index is 0.000000640. The van der Waals surface area contributed by atoms with Crippen molar-refractivity contribution >= 4 is 18.4 Å². The van der Waals surface area contributed by atoms with E-state index >= 15 is 0 Å². The molecule has 0 aliphatic carbocycles. The fourth-order valence-electron chi connectivity index (χ4n) is 0.384. The lowest BCUT2D eigenvalue weighted by Gasteiger charge is -2.07. The van der Waals surface area contributed by atoms with Crippen molar-refractivity contribution in [1.29, 1.82) is 0 Å². The molecule has 0 aromatic carbocycles. The predicted octanol–water partition coefficient (Wildman–Crippen LogP) is -0.717. The normalized spacial score (nSPS) is 14.4. The molecule has 0 unspecified atom stereocenters. The maximum Gasteiger partial charge on any atom is 0.334 e. The van der Waals surface area contributed by atoms with Gasteiger partial charge < -0.3 is 11.2 Å². The van der Waals surface area contributed by atoms with E-state index < -0.39 is 6.03 Å². The SMILES string of the molecule is Cl.NC(=O)N1C=CNN1. The molecule has 1 heterocycles. The molecule has 1 aliphatic heterocycles. The number of nitrogens with one attached hydrogen (secondary N) is 2. The van der Waals surface area contributed by atoms with Crippen LogP contribution in [-0.2, 0) is 0 Å². The molecule has 0 saturated carbocycles. The highest BCUT2D eigenvalue weighted by atomic mass is 35.5. The van der Waals surface area contributed by atoms with Crippen molar-refractivity contribution in [2.24, 2.45) is 5.73 Å². The molecule has 9 heavy (non-hydrogen) atoms. The number of primary amides is 1. The third kappa shape index (κ3) is 1.79. The van der Waals surface area contributed by atoms with Crippen molar-refractivity contribution in [3.05, 3.63) is 12.4 Å². The van der Waals surface area contributed by atoms with E-state index in [1.54, 1.807) is 6.20 Å². The quantitative estimate of drug-likeness (QED) is 0.427. The zero-order valence-electron chi connectivity index (χ0n) is 4.50. The summed E-state index contributed by atoms with van der Waals surface area (Å²) >= 11 is 0. The van der Waals surface area contributed by atoms with Crippen molar-refractivity contribution in [1.82, 2.24) is 16.0 Å². The first-order valence-corrected chi connectivity index (χ1v) is 2.07. The average molecular weight is 151 g/mol. The van der Waals surface area contributed by atoms with E-state index in [0.717, 1.165) is 5.01 Å². The van der Waals surface area contributed by atoms with Crippen LogP contribution in [0.4, 0.5) is 4.79 Å². The van der Waals surface area contributed by atoms with E-state index in [9.17, 15) is 4.79 Å². The molecule has 0 spiro atoms. The standard InChI is InChI=1S/C3H6N4O.ClH/c4-3(8)7-2-1-5-6-7;/h1-2,5-6H,(H2,4,8);1H. The van der Waals surface area contributed by atoms with Crippen molar-refractivity contribution in [3.8, 4) is 0 Å². The molecular weight excluding hydrogens is 144 g/mol. The molecule has 1 rings (SSSR count). The predicted molar refractivity (Wildman–Crippen MR) is 34.1 cm³/mol. The zero-order chi connectivity index (χ0) is 5.98. The molecular formula is C3H7ClN4O. The van der Waals surface area contributed by atoms with Crippen LogP contribution in [0.25, 0.3) is 0 Å². The van der Waals surface area contributed by atoms with Gasteiger partial charge in [0.2, 0.25) is 0 Å². The summed E-state index contributed by atoms with van der Waals surface area (Å²) in [5.41, 5.74) is 9.83. The Kier molecular flexibility index (Phi) is 2.83. The number of hydrogen-bond donors (Lipinski definition) is 3. The summed E-state index contributed by atoms with van der Waals surface area (Å²) < 4.78 is 0. The average Bonchev–Trinajstić information content (AvgIpc) is 2.12. The second-order valence-electron chi connectivity index (χ2n) is 1.28. The van der Waals surface area contributed by atoms with E-state index in [0.29, 0.717) is 0 Å². The lowest BCUT2D eigenvalue weighted by atomic mass is 10.8. The van der Waals surface area contributed by atoms with E-state index in [4.69, 9.17) is 5.73 Å². The molecule has 2 amide bonds. The van der Waals surface area contributed by atoms with E-state index in [1.165, 1.54) is 6.20 Å². The second-order valence-corrected chi connectivity index (χ2v) is 1.28. The number of hydrazine groups is 2. The maximum absolute atomic E-state index is 10.2. The third-order valence-electron chi connectivity index (χ3n) is 0.729. The van der Waals surface area contributed by atoms with Crippen molar-refractivity contribution in [3.63, 3.8) is 0 Å². The number of amides is 2. The molecule has 0 bridgehead atoms. The van der Waals surface area contributed by atoms with Crippen molar-refractivity contribution < 1.29 is 4.79 Å². The monoisotopic (exact) mass is 150 g/mol. The molecule has 0 radical (unpaired) electrons. The topological polar surface area (TPSA) is 70.4 Å². The number of urea groups is 1. The highest BCUT2D eigenvalue weighted by Crippen LogP contribution is 1.84. The zero-order valence-corrected chi connectivity index (χ0v) is 5.31. The highest BCUT2D eigenvalue weighted by molar-refractivity contribution is 5.85. The van der Waals surface area contributed by atoms with Crippen LogP contribution in [0.3, 0.4) is 0 Å². The molecule has 52 valence electrons. The van der Waals surface area contributed by atoms with Gasteiger partial charge in [0.1, 0.15) is 0 Å². The molecule has 0 aromatic rings. The highest BCUT2D eigenvalue weighted by Gasteiger charge is 2.06. The van der Waals surface area contributed by atoms with Gasteiger partial charge in [0, 0.05) is 12.4 Å². The first-order chi connectivity index (χ1) is 3.80. The fraction of sp³-hybridized carbons (Fsp3) is 0. The number of carbonyl (C=O) groups is 1. The number of nitrogens with two attached hydrogens (primary N) is 1. The first-order valence-electron chi connectivity index (χ1n) is 2.07. The molecule has 0 fully saturated rings. The van der Waals surface area contributed by atoms with Crippen LogP contribution in [0.5, 0.6) is 0 Å². The number of nitrogens with zero attached hydrogens (tertiary/aromatic N) is 1. The number of halogens is 1. The second kappa shape index (κ2) is 3.16. The summed E-state index contributed by atoms with van der Waals surface area (Å²) in [7, 11) is 0. The molecule has 6 heteroatoms. The minimum Gasteiger partial charge on any atom is -0.350 e. The summed E-state index contributed by atoms with van der Waals surface area (Å²) in [6, 6.07) is -0.536. The summed E-state index contributed by atoms with van der Waals surface area (Å²) in [5.74, 6) is 0. The smallest absolute Gasteiger partial charge is 0.334 e. The van der Waals surface area contributed by atoms with Crippen molar-refractivity contribution in [2.75, 3.05) is 0 Å². The molecule has 4 N–H and O–H groups in total. The molecule has 5 nitrogen and oxygen atoms in total. The molecule has 0 atom stereocenters. The van der Waals surface area contributed by atoms with Gasteiger partial charge in [-0.15, -0.1) is 17.9 Å². The van der Waals surface area contributed by atoms with Crippen LogP contribution in [0.15, 0.2) is 12.4 Å². The van der Waals surface area contributed by atoms with E-state index in [-0.39, 0.29) is 12.4 Å². The third-order valence-corrected chi connectivity index (χ3v) is 0.729. The van der Waals surface area contributed by atoms with Crippen LogP contribution in [0.2, 0.25) is 0 Å². The van der Waals surface area contributed by atoms with E-state index in [2.05, 4.69) is 11.0 Å². The lowest BCUT2D eigenvalue weighted by molar-refractivity contribution is 0.207. The largest absolute Gasteiger partial charge is 0.350 e. The molecule has 0 aromatic heterocycles. The van der Waals surface area contributed by atoms with Gasteiger partial charge in [-0.2, -0.15) is 0 Å². The van der Waals surface area contributed by atoms with Gasteiger partial charge in [-0.25, -0.2) is 9.80 Å². The summed E-state index contributed by atoms with van der Waals surface area (Å²) in [6.07, 6.45) is 3.05. The van der Waals surface area contributed by atoms with Gasteiger partial charge in [-0.3, -0.25) is 0 Å². The maximum atomic E-state index is 10.2. The van der Waals surface area contributed by atoms with Crippen LogP contribution in [0, 0.1) is 0 Å². The summed E-state index contributed by atoms with van der Waals surface area (Å²) in [5, 5.41) is 1.12. The first kappa shape index (κ1) is 8.06. The Labute approximate surface area is 58.2 Å². The number of hydrogen-bond acceptors (Lipinski definition) is 3. The van der Waals surface area contributed by atoms with Gasteiger partial charge in [0.15, 0.2) is 0 Å². The Morgan fingerprint density at radius 1 is 1.67 bits per heavy atom. The van der Waals surface area contributed by atoms with Crippen LogP contribution >= 0.6 is 12.4 Å². The van der Waals surface area contributed by atoms with E-state index in [1.807, 2.05) is 0 Å². The van der Waals surface area contributed by atoms with Gasteiger partial charge >= 0.3 is 6.03 Å². The lowest BCUT2D eigenvalue weighted by Crippen LogP contribution is -2.42. The van der Waals surface area contributed by atoms with Gasteiger partial charge in [0.25, 0.3) is 0 Å². The summed E-state index contributed by atoms with van der Waals surface area (Å²) in [6.45, 7) is 0. The Hall–Kier alpha value is -0.940. The van der Waals surface area contributed by atoms with Gasteiger partial charge in [0.05, 0.1) is 0 Å². The molecule has 1 aliphatic rings. The number of rotatable bonds is 0. The van der Waals surface area contributed by atoms with Crippen LogP contribution < -0.4 is 16.7 Å². The minimum absolute atomic E-state index is 0. The number of carbonyl (C=O) groups excluding carboxylic acids is 1. The Morgan fingerprint density at radius 2 is 2.33 bits per heavy atom. The summed E-state index contributed by atoms with van der Waals surface area (Å²) in [4.78, 5) is 10.2. The van der Waals surface area contributed by atoms with Gasteiger partial charge in [-0.05, 0) is 0 Å². The van der Waals surface area contributed by atoms with Crippen molar-refractivity contribution in [2.45, 2.75) is 0 Å². The van der Waals surface area contributed by atoms with Gasteiger partial charge in [-0.1, -0.05) is 0 Å². The van der Waals surface area contributed by atoms with Crippen LogP contribution in [-0.4, -0.2) is 11.0 Å². The Morgan fingerprint density at radius 3 is 2.56 bits per heavy atom.